The summed E-state index contributed by atoms with van der Waals surface area (Å²) >= 11 is 0. The van der Waals surface area contributed by atoms with Crippen LogP contribution in [0.1, 0.15) is 60.1 Å². The van der Waals surface area contributed by atoms with E-state index in [0.29, 0.717) is 36.3 Å². The number of carbonyl (C=O) groups excluding carboxylic acids is 3. The highest BCUT2D eigenvalue weighted by molar-refractivity contribution is 5.96. The first-order valence-corrected chi connectivity index (χ1v) is 13.8. The number of pyridine rings is 1. The zero-order valence-electron chi connectivity index (χ0n) is 22.8. The molecule has 3 aromatic rings. The summed E-state index contributed by atoms with van der Waals surface area (Å²) in [4.78, 5) is 45.6. The highest BCUT2D eigenvalue weighted by atomic mass is 19.1. The lowest BCUT2D eigenvalue weighted by Gasteiger charge is -2.36. The van der Waals surface area contributed by atoms with Gasteiger partial charge in [0.15, 0.2) is 0 Å². The summed E-state index contributed by atoms with van der Waals surface area (Å²) in [6, 6.07) is 15.1. The maximum absolute atomic E-state index is 15.0. The van der Waals surface area contributed by atoms with E-state index in [9.17, 15) is 18.8 Å². The van der Waals surface area contributed by atoms with Gasteiger partial charge >= 0.3 is 0 Å². The highest BCUT2D eigenvalue weighted by Crippen LogP contribution is 2.47. The number of nitrogens with zero attached hydrogens (tertiary/aromatic N) is 3. The van der Waals surface area contributed by atoms with Crippen LogP contribution in [0.15, 0.2) is 67.0 Å². The fourth-order valence-corrected chi connectivity index (χ4v) is 5.26. The largest absolute Gasteiger partial charge is 0.368 e. The van der Waals surface area contributed by atoms with E-state index in [1.165, 1.54) is 6.07 Å². The molecule has 5 rings (SSSR count). The van der Waals surface area contributed by atoms with Crippen molar-refractivity contribution in [1.29, 1.82) is 0 Å². The van der Waals surface area contributed by atoms with Crippen molar-refractivity contribution in [2.24, 2.45) is 5.92 Å². The molecular weight excluding hydrogens is 509 g/mol. The third-order valence-electron chi connectivity index (χ3n) is 7.75. The molecule has 0 unspecified atom stereocenters. The fraction of sp³-hybridized carbons (Fsp3) is 0.355. The quantitative estimate of drug-likeness (QED) is 0.436. The molecule has 1 aliphatic carbocycles. The first-order chi connectivity index (χ1) is 19.3. The Labute approximate surface area is 233 Å². The molecular formula is C31H34FN5O3. The second-order valence-electron chi connectivity index (χ2n) is 10.4. The molecule has 0 radical (unpaired) electrons. The molecule has 9 heteroatoms. The van der Waals surface area contributed by atoms with Gasteiger partial charge in [0.25, 0.3) is 5.91 Å². The van der Waals surface area contributed by atoms with E-state index in [1.54, 1.807) is 43.6 Å². The number of hydrogen-bond acceptors (Lipinski definition) is 5. The van der Waals surface area contributed by atoms with Gasteiger partial charge in [-0.05, 0) is 67.3 Å². The molecule has 2 aliphatic rings. The van der Waals surface area contributed by atoms with Gasteiger partial charge in [-0.15, -0.1) is 0 Å². The van der Waals surface area contributed by atoms with E-state index < -0.39 is 11.9 Å². The average Bonchev–Trinajstić information content (AvgIpc) is 3.79. The minimum atomic E-state index is -0.570. The van der Waals surface area contributed by atoms with E-state index in [2.05, 4.69) is 20.5 Å². The third-order valence-corrected chi connectivity index (χ3v) is 7.75. The molecule has 2 fully saturated rings. The molecule has 1 aromatic heterocycles. The third kappa shape index (κ3) is 6.14. The van der Waals surface area contributed by atoms with Crippen molar-refractivity contribution in [3.05, 3.63) is 89.5 Å². The molecule has 1 aliphatic heterocycles. The van der Waals surface area contributed by atoms with Crippen molar-refractivity contribution in [3.63, 3.8) is 0 Å². The van der Waals surface area contributed by atoms with Gasteiger partial charge in [-0.1, -0.05) is 19.1 Å². The van der Waals surface area contributed by atoms with Crippen molar-refractivity contribution in [2.75, 3.05) is 36.4 Å². The van der Waals surface area contributed by atoms with Gasteiger partial charge in [0.05, 0.1) is 6.04 Å². The Morgan fingerprint density at radius 3 is 2.45 bits per heavy atom. The predicted molar refractivity (Wildman–Crippen MR) is 152 cm³/mol. The number of piperazine rings is 1. The molecule has 1 saturated carbocycles. The summed E-state index contributed by atoms with van der Waals surface area (Å²) in [5, 5.41) is 5.67. The maximum atomic E-state index is 15.0. The molecule has 1 saturated heterocycles. The van der Waals surface area contributed by atoms with Crippen LogP contribution in [0, 0.1) is 11.7 Å². The number of amides is 3. The molecule has 208 valence electrons. The van der Waals surface area contributed by atoms with Gasteiger partial charge in [-0.2, -0.15) is 0 Å². The number of anilines is 2. The summed E-state index contributed by atoms with van der Waals surface area (Å²) in [6.45, 7) is 6.46. The first kappa shape index (κ1) is 27.3. The van der Waals surface area contributed by atoms with Crippen LogP contribution < -0.4 is 15.5 Å². The van der Waals surface area contributed by atoms with Crippen LogP contribution in [0.25, 0.3) is 0 Å². The van der Waals surface area contributed by atoms with Crippen molar-refractivity contribution in [3.8, 4) is 0 Å². The molecule has 2 N–H and O–H groups in total. The van der Waals surface area contributed by atoms with E-state index in [0.717, 1.165) is 30.8 Å². The minimum absolute atomic E-state index is 0.137. The normalized spacial score (nSPS) is 19.1. The summed E-state index contributed by atoms with van der Waals surface area (Å²) in [7, 11) is 0. The monoisotopic (exact) mass is 543 g/mol. The predicted octanol–water partition coefficient (Wildman–Crippen LogP) is 4.51. The van der Waals surface area contributed by atoms with Crippen LogP contribution in [0.3, 0.4) is 0 Å². The zero-order chi connectivity index (χ0) is 28.2. The Kier molecular flexibility index (Phi) is 8.09. The van der Waals surface area contributed by atoms with Gasteiger partial charge < -0.3 is 20.4 Å². The number of aromatic nitrogens is 1. The van der Waals surface area contributed by atoms with Gasteiger partial charge in [-0.3, -0.25) is 19.4 Å². The lowest BCUT2D eigenvalue weighted by molar-refractivity contribution is -0.131. The number of nitrogens with one attached hydrogen (secondary N) is 2. The minimum Gasteiger partial charge on any atom is -0.368 e. The van der Waals surface area contributed by atoms with Crippen LogP contribution in [0.5, 0.6) is 0 Å². The maximum Gasteiger partial charge on any atom is 0.251 e. The number of carbonyl (C=O) groups is 3. The Hall–Kier alpha value is -4.27. The van der Waals surface area contributed by atoms with Gasteiger partial charge in [0.1, 0.15) is 5.82 Å². The van der Waals surface area contributed by atoms with Crippen molar-refractivity contribution in [1.82, 2.24) is 15.2 Å². The van der Waals surface area contributed by atoms with Gasteiger partial charge in [0.2, 0.25) is 11.8 Å². The molecule has 3 amide bonds. The molecule has 2 aromatic carbocycles. The van der Waals surface area contributed by atoms with Crippen LogP contribution in [0.4, 0.5) is 15.8 Å². The number of benzene rings is 2. The Balaban J connectivity index is 1.13. The molecule has 40 heavy (non-hydrogen) atoms. The second kappa shape index (κ2) is 11.9. The summed E-state index contributed by atoms with van der Waals surface area (Å²) in [5.41, 5.74) is 3.23. The summed E-state index contributed by atoms with van der Waals surface area (Å²) in [5.74, 6) is -0.771. The van der Waals surface area contributed by atoms with Crippen LogP contribution in [-0.4, -0.2) is 53.8 Å². The molecule has 8 nitrogen and oxygen atoms in total. The molecule has 0 bridgehead atoms. The highest BCUT2D eigenvalue weighted by Gasteiger charge is 2.44. The van der Waals surface area contributed by atoms with Gasteiger partial charge in [0, 0.05) is 73.4 Å². The van der Waals surface area contributed by atoms with Crippen molar-refractivity contribution < 1.29 is 18.8 Å². The number of halogens is 1. The first-order valence-electron chi connectivity index (χ1n) is 13.8. The Bertz CT molecular complexity index is 1370. The lowest BCUT2D eigenvalue weighted by atomic mass is 10.1. The van der Waals surface area contributed by atoms with E-state index in [4.69, 9.17) is 0 Å². The van der Waals surface area contributed by atoms with Crippen LogP contribution in [0.2, 0.25) is 0 Å². The van der Waals surface area contributed by atoms with Crippen LogP contribution in [-0.2, 0) is 9.59 Å². The average molecular weight is 544 g/mol. The zero-order valence-corrected chi connectivity index (χ0v) is 22.8. The topological polar surface area (TPSA) is 94.6 Å². The molecule has 0 spiro atoms. The summed E-state index contributed by atoms with van der Waals surface area (Å²) in [6.07, 6.45) is 4.74. The van der Waals surface area contributed by atoms with Crippen molar-refractivity contribution >= 4 is 29.1 Å². The molecule has 3 atom stereocenters. The fourth-order valence-electron chi connectivity index (χ4n) is 5.26. The smallest absolute Gasteiger partial charge is 0.251 e. The summed E-state index contributed by atoms with van der Waals surface area (Å²) < 4.78 is 15.0. The second-order valence-corrected chi connectivity index (χ2v) is 10.4. The number of rotatable bonds is 8. The van der Waals surface area contributed by atoms with Crippen molar-refractivity contribution in [2.45, 2.75) is 38.6 Å². The van der Waals surface area contributed by atoms with Crippen LogP contribution >= 0.6 is 0 Å². The lowest BCUT2D eigenvalue weighted by Crippen LogP contribution is -2.48. The Morgan fingerprint density at radius 1 is 1.05 bits per heavy atom. The van der Waals surface area contributed by atoms with Gasteiger partial charge in [-0.25, -0.2) is 4.39 Å². The SMILES string of the molecule is CCC(=O)N1CCN(c2ccc(C(=O)N[C@@H](C)c3ccc(NC(=O)[C@H]4C[C@@H]4c4cccnc4)cc3F)cc2)CC1. The Morgan fingerprint density at radius 2 is 1.80 bits per heavy atom. The standard InChI is InChI=1S/C31H34FN5O3/c1-3-29(38)37-15-13-36(14-16-37)24-9-6-21(7-10-24)30(39)34-20(2)25-11-8-23(17-28(25)32)35-31(40)27-18-26(27)22-5-4-12-33-19-22/h4-12,17,19-20,26-27H,3,13-16,18H2,1-2H3,(H,34,39)(H,35,40)/t20-,26+,27-/m0/s1. The molecule has 2 heterocycles. The van der Waals surface area contributed by atoms with E-state index >= 15 is 0 Å². The number of hydrogen-bond donors (Lipinski definition) is 2. The van der Waals surface area contributed by atoms with E-state index in [1.807, 2.05) is 36.1 Å². The van der Waals surface area contributed by atoms with E-state index in [-0.39, 0.29) is 29.6 Å².